The number of nitrogen functional groups attached to an aromatic ring is 1. The molecule has 0 radical (unpaired) electrons. The molecule has 2 heterocycles. The first-order valence-corrected chi connectivity index (χ1v) is 7.95. The van der Waals surface area contributed by atoms with Crippen molar-refractivity contribution in [2.24, 2.45) is 0 Å². The first-order chi connectivity index (χ1) is 10.6. The maximum absolute atomic E-state index is 12.4. The Hall–Kier alpha value is -2.11. The molecule has 6 heteroatoms. The van der Waals surface area contributed by atoms with Gasteiger partial charge in [0.25, 0.3) is 5.91 Å². The van der Waals surface area contributed by atoms with E-state index in [0.29, 0.717) is 17.8 Å². The van der Waals surface area contributed by atoms with Crippen LogP contribution >= 0.6 is 0 Å². The third-order valence-corrected chi connectivity index (χ3v) is 3.82. The van der Waals surface area contributed by atoms with E-state index in [1.165, 1.54) is 0 Å². The van der Waals surface area contributed by atoms with Gasteiger partial charge in [-0.25, -0.2) is 9.67 Å². The number of carbonyl (C=O) groups is 1. The number of hydrogen-bond donors (Lipinski definition) is 1. The number of anilines is 1. The fourth-order valence-corrected chi connectivity index (χ4v) is 2.53. The van der Waals surface area contributed by atoms with Gasteiger partial charge in [0.1, 0.15) is 0 Å². The molecule has 2 aromatic heterocycles. The van der Waals surface area contributed by atoms with Crippen molar-refractivity contribution in [3.8, 4) is 0 Å². The van der Waals surface area contributed by atoms with Crippen molar-refractivity contribution >= 4 is 22.6 Å². The summed E-state index contributed by atoms with van der Waals surface area (Å²) in [5.74, 6) is -0.0903. The molecule has 2 aromatic rings. The van der Waals surface area contributed by atoms with E-state index in [1.807, 2.05) is 11.6 Å². The Morgan fingerprint density at radius 1 is 1.27 bits per heavy atom. The topological polar surface area (TPSA) is 77.0 Å². The molecule has 6 nitrogen and oxygen atoms in total. The maximum Gasteiger partial charge on any atom is 0.257 e. The standard InChI is InChI=1S/C16H25N5O/c1-4-6-7-9-21-15-12(11-19-21)14(17)13(10-18-15)16(22)20(3)8-5-2/h10-11H,4-9H2,1-3H3,(H2,17,18). The number of unbranched alkanes of at least 4 members (excludes halogenated alkanes) is 2. The van der Waals surface area contributed by atoms with Crippen LogP contribution in [-0.4, -0.2) is 39.2 Å². The number of aryl methyl sites for hydroxylation is 1. The molecule has 0 aliphatic carbocycles. The van der Waals surface area contributed by atoms with Gasteiger partial charge >= 0.3 is 0 Å². The predicted molar refractivity (Wildman–Crippen MR) is 88.7 cm³/mol. The van der Waals surface area contributed by atoms with Gasteiger partial charge in [0, 0.05) is 26.3 Å². The van der Waals surface area contributed by atoms with Gasteiger partial charge < -0.3 is 10.6 Å². The Morgan fingerprint density at radius 3 is 2.73 bits per heavy atom. The highest BCUT2D eigenvalue weighted by Gasteiger charge is 2.18. The Balaban J connectivity index is 2.29. The molecule has 0 aliphatic heterocycles. The first-order valence-electron chi connectivity index (χ1n) is 7.95. The number of hydrogen-bond acceptors (Lipinski definition) is 4. The highest BCUT2D eigenvalue weighted by molar-refractivity contribution is 6.05. The molecule has 2 rings (SSSR count). The summed E-state index contributed by atoms with van der Waals surface area (Å²) in [7, 11) is 1.78. The van der Waals surface area contributed by atoms with E-state index in [2.05, 4.69) is 17.0 Å². The summed E-state index contributed by atoms with van der Waals surface area (Å²) in [6.45, 7) is 5.73. The summed E-state index contributed by atoms with van der Waals surface area (Å²) in [4.78, 5) is 18.5. The van der Waals surface area contributed by atoms with Crippen LogP contribution in [0.3, 0.4) is 0 Å². The number of nitrogens with two attached hydrogens (primary N) is 1. The quantitative estimate of drug-likeness (QED) is 0.798. The Bertz CT molecular complexity index is 649. The molecular weight excluding hydrogens is 278 g/mol. The van der Waals surface area contributed by atoms with E-state index in [0.717, 1.165) is 43.3 Å². The number of fused-ring (bicyclic) bond motifs is 1. The van der Waals surface area contributed by atoms with Gasteiger partial charge in [-0.15, -0.1) is 0 Å². The molecule has 0 saturated carbocycles. The summed E-state index contributed by atoms with van der Waals surface area (Å²) in [5.41, 5.74) is 7.86. The molecule has 1 amide bonds. The van der Waals surface area contributed by atoms with E-state index in [-0.39, 0.29) is 5.91 Å². The molecule has 0 unspecified atom stereocenters. The van der Waals surface area contributed by atoms with Crippen LogP contribution in [0.15, 0.2) is 12.4 Å². The molecule has 0 atom stereocenters. The molecule has 0 saturated heterocycles. The van der Waals surface area contributed by atoms with Crippen molar-refractivity contribution in [3.05, 3.63) is 18.0 Å². The van der Waals surface area contributed by atoms with Crippen LogP contribution in [-0.2, 0) is 6.54 Å². The van der Waals surface area contributed by atoms with Crippen LogP contribution < -0.4 is 5.73 Å². The van der Waals surface area contributed by atoms with Crippen molar-refractivity contribution in [1.82, 2.24) is 19.7 Å². The second-order valence-corrected chi connectivity index (χ2v) is 5.62. The van der Waals surface area contributed by atoms with Gasteiger partial charge in [-0.1, -0.05) is 26.7 Å². The number of pyridine rings is 1. The van der Waals surface area contributed by atoms with Crippen molar-refractivity contribution in [1.29, 1.82) is 0 Å². The van der Waals surface area contributed by atoms with Crippen molar-refractivity contribution < 1.29 is 4.79 Å². The van der Waals surface area contributed by atoms with Gasteiger partial charge in [0.2, 0.25) is 0 Å². The average molecular weight is 303 g/mol. The smallest absolute Gasteiger partial charge is 0.257 e. The number of amides is 1. The molecule has 0 fully saturated rings. The lowest BCUT2D eigenvalue weighted by molar-refractivity contribution is 0.0796. The summed E-state index contributed by atoms with van der Waals surface area (Å²) in [6, 6.07) is 0. The molecule has 2 N–H and O–H groups in total. The van der Waals surface area contributed by atoms with Crippen LogP contribution in [0.5, 0.6) is 0 Å². The van der Waals surface area contributed by atoms with Crippen molar-refractivity contribution in [2.45, 2.75) is 46.1 Å². The fourth-order valence-electron chi connectivity index (χ4n) is 2.53. The molecular formula is C16H25N5O. The highest BCUT2D eigenvalue weighted by atomic mass is 16.2. The van der Waals surface area contributed by atoms with Crippen molar-refractivity contribution in [2.75, 3.05) is 19.3 Å². The molecule has 120 valence electrons. The maximum atomic E-state index is 12.4. The van der Waals surface area contributed by atoms with E-state index < -0.39 is 0 Å². The van der Waals surface area contributed by atoms with Gasteiger partial charge in [-0.3, -0.25) is 4.79 Å². The third-order valence-electron chi connectivity index (χ3n) is 3.82. The van der Waals surface area contributed by atoms with Crippen LogP contribution in [0.1, 0.15) is 49.9 Å². The van der Waals surface area contributed by atoms with Crippen LogP contribution in [0.2, 0.25) is 0 Å². The zero-order valence-corrected chi connectivity index (χ0v) is 13.7. The number of aromatic nitrogens is 3. The second kappa shape index (κ2) is 7.24. The van der Waals surface area contributed by atoms with Gasteiger partial charge in [0.05, 0.1) is 22.8 Å². The summed E-state index contributed by atoms with van der Waals surface area (Å²) in [5, 5.41) is 5.12. The molecule has 0 spiro atoms. The number of carbonyl (C=O) groups excluding carboxylic acids is 1. The minimum atomic E-state index is -0.0903. The van der Waals surface area contributed by atoms with E-state index in [1.54, 1.807) is 24.3 Å². The number of rotatable bonds is 7. The summed E-state index contributed by atoms with van der Waals surface area (Å²) < 4.78 is 1.87. The predicted octanol–water partition coefficient (Wildman–Crippen LogP) is 2.69. The molecule has 0 bridgehead atoms. The first kappa shape index (κ1) is 16.3. The van der Waals surface area contributed by atoms with Crippen LogP contribution in [0.4, 0.5) is 5.69 Å². The highest BCUT2D eigenvalue weighted by Crippen LogP contribution is 2.24. The monoisotopic (exact) mass is 303 g/mol. The third kappa shape index (κ3) is 3.21. The van der Waals surface area contributed by atoms with Crippen molar-refractivity contribution in [3.63, 3.8) is 0 Å². The minimum absolute atomic E-state index is 0.0903. The Kier molecular flexibility index (Phi) is 5.35. The molecule has 0 aliphatic rings. The van der Waals surface area contributed by atoms with Gasteiger partial charge in [-0.05, 0) is 12.8 Å². The van der Waals surface area contributed by atoms with E-state index in [9.17, 15) is 4.79 Å². The molecule has 22 heavy (non-hydrogen) atoms. The minimum Gasteiger partial charge on any atom is -0.397 e. The normalized spacial score (nSPS) is 11.0. The lowest BCUT2D eigenvalue weighted by Crippen LogP contribution is -2.28. The Labute approximate surface area is 131 Å². The molecule has 0 aromatic carbocycles. The fraction of sp³-hybridized carbons (Fsp3) is 0.562. The average Bonchev–Trinajstić information content (AvgIpc) is 2.92. The largest absolute Gasteiger partial charge is 0.397 e. The lowest BCUT2D eigenvalue weighted by Gasteiger charge is -2.17. The zero-order valence-electron chi connectivity index (χ0n) is 13.7. The van der Waals surface area contributed by atoms with Crippen LogP contribution in [0, 0.1) is 0 Å². The van der Waals surface area contributed by atoms with Crippen LogP contribution in [0.25, 0.3) is 11.0 Å². The summed E-state index contributed by atoms with van der Waals surface area (Å²) in [6.07, 6.45) is 7.58. The van der Waals surface area contributed by atoms with E-state index in [4.69, 9.17) is 5.73 Å². The second-order valence-electron chi connectivity index (χ2n) is 5.62. The zero-order chi connectivity index (χ0) is 16.1. The Morgan fingerprint density at radius 2 is 2.05 bits per heavy atom. The van der Waals surface area contributed by atoms with E-state index >= 15 is 0 Å². The number of nitrogens with zero attached hydrogens (tertiary/aromatic N) is 4. The van der Waals surface area contributed by atoms with Gasteiger partial charge in [0.15, 0.2) is 5.65 Å². The van der Waals surface area contributed by atoms with Gasteiger partial charge in [-0.2, -0.15) is 5.10 Å². The SMILES string of the molecule is CCCCCn1ncc2c(N)c(C(=O)N(C)CCC)cnc21. The summed E-state index contributed by atoms with van der Waals surface area (Å²) >= 11 is 0. The lowest BCUT2D eigenvalue weighted by atomic mass is 10.1.